The summed E-state index contributed by atoms with van der Waals surface area (Å²) < 4.78 is 5.20. The van der Waals surface area contributed by atoms with Crippen molar-refractivity contribution in [2.24, 2.45) is 0 Å². The Hall–Kier alpha value is -1.62. The predicted octanol–water partition coefficient (Wildman–Crippen LogP) is 4.29. The van der Waals surface area contributed by atoms with Crippen LogP contribution in [0.2, 0.25) is 0 Å². The van der Waals surface area contributed by atoms with Gasteiger partial charge in [-0.3, -0.25) is 10.1 Å². The van der Waals surface area contributed by atoms with Gasteiger partial charge in [-0.05, 0) is 31.0 Å². The zero-order valence-corrected chi connectivity index (χ0v) is 11.6. The Kier molecular flexibility index (Phi) is 3.52. The highest BCUT2D eigenvalue weighted by atomic mass is 79.9. The Bertz CT molecular complexity index is 592. The summed E-state index contributed by atoms with van der Waals surface area (Å²) in [6.45, 7) is 4.03. The number of halogens is 1. The highest BCUT2D eigenvalue weighted by Crippen LogP contribution is 2.35. The van der Waals surface area contributed by atoms with Gasteiger partial charge in [0.15, 0.2) is 0 Å². The van der Waals surface area contributed by atoms with Gasteiger partial charge in [-0.2, -0.15) is 0 Å². The average molecular weight is 310 g/mol. The zero-order valence-electron chi connectivity index (χ0n) is 10.0. The Morgan fingerprint density at radius 1 is 1.28 bits per heavy atom. The monoisotopic (exact) mass is 309 g/mol. The van der Waals surface area contributed by atoms with Crippen molar-refractivity contribution < 1.29 is 9.34 Å². The number of nitrogens with zero attached hydrogens (tertiary/aromatic N) is 1. The van der Waals surface area contributed by atoms with Crippen molar-refractivity contribution in [1.29, 1.82) is 0 Å². The lowest BCUT2D eigenvalue weighted by Crippen LogP contribution is -1.95. The number of nitro groups is 1. The summed E-state index contributed by atoms with van der Waals surface area (Å²) in [5, 5.41) is 10.6. The third-order valence-corrected chi connectivity index (χ3v) is 3.69. The van der Waals surface area contributed by atoms with Crippen molar-refractivity contribution in [2.75, 3.05) is 0 Å². The van der Waals surface area contributed by atoms with Gasteiger partial charge in [-0.1, -0.05) is 39.7 Å². The van der Waals surface area contributed by atoms with E-state index in [9.17, 15) is 10.1 Å². The van der Waals surface area contributed by atoms with Crippen LogP contribution in [0.3, 0.4) is 0 Å². The molecule has 0 saturated carbocycles. The van der Waals surface area contributed by atoms with Crippen LogP contribution in [0.5, 0.6) is 0 Å². The van der Waals surface area contributed by atoms with Gasteiger partial charge < -0.3 is 4.42 Å². The van der Waals surface area contributed by atoms with Crippen LogP contribution in [0.1, 0.15) is 27.3 Å². The summed E-state index contributed by atoms with van der Waals surface area (Å²) >= 11 is 3.52. The maximum atomic E-state index is 10.6. The molecule has 1 unspecified atom stereocenters. The molecule has 0 fully saturated rings. The molecule has 0 amide bonds. The average Bonchev–Trinajstić information content (AvgIpc) is 2.77. The van der Waals surface area contributed by atoms with Gasteiger partial charge in [0.2, 0.25) is 0 Å². The summed E-state index contributed by atoms with van der Waals surface area (Å²) in [4.78, 5) is 9.87. The minimum atomic E-state index is -0.536. The number of hydrogen-bond acceptors (Lipinski definition) is 3. The highest BCUT2D eigenvalue weighted by Gasteiger charge is 2.20. The number of alkyl halides is 1. The first-order chi connectivity index (χ1) is 8.49. The van der Waals surface area contributed by atoms with Crippen LogP contribution in [0, 0.1) is 24.0 Å². The van der Waals surface area contributed by atoms with Gasteiger partial charge in [0.25, 0.3) is 0 Å². The summed E-state index contributed by atoms with van der Waals surface area (Å²) in [5.74, 6) is 0.299. The van der Waals surface area contributed by atoms with E-state index < -0.39 is 4.92 Å². The standard InChI is InChI=1S/C13H12BrNO3/c1-8-3-4-10(9(2)7-8)13(14)11-5-6-12(18-11)15(16)17/h3-7,13H,1-2H3. The number of furan rings is 1. The number of hydrogen-bond donors (Lipinski definition) is 0. The second-order valence-corrected chi connectivity index (χ2v) is 5.07. The van der Waals surface area contributed by atoms with Crippen molar-refractivity contribution in [3.8, 4) is 0 Å². The van der Waals surface area contributed by atoms with Crippen LogP contribution in [-0.2, 0) is 0 Å². The Balaban J connectivity index is 2.35. The first-order valence-electron chi connectivity index (χ1n) is 5.44. The van der Waals surface area contributed by atoms with Crippen LogP contribution >= 0.6 is 15.9 Å². The maximum Gasteiger partial charge on any atom is 0.433 e. The molecule has 2 rings (SSSR count). The molecule has 0 radical (unpaired) electrons. The molecule has 0 aliphatic heterocycles. The van der Waals surface area contributed by atoms with E-state index in [0.29, 0.717) is 5.76 Å². The molecule has 0 bridgehead atoms. The Labute approximate surface area is 113 Å². The predicted molar refractivity (Wildman–Crippen MR) is 72.0 cm³/mol. The maximum absolute atomic E-state index is 10.6. The first-order valence-corrected chi connectivity index (χ1v) is 6.36. The van der Waals surface area contributed by atoms with Crippen LogP contribution in [-0.4, -0.2) is 4.92 Å². The molecule has 1 atom stereocenters. The fourth-order valence-electron chi connectivity index (χ4n) is 1.84. The van der Waals surface area contributed by atoms with E-state index in [-0.39, 0.29) is 10.7 Å². The molecule has 0 aliphatic rings. The van der Waals surface area contributed by atoms with Crippen molar-refractivity contribution in [3.05, 3.63) is 62.9 Å². The molecule has 0 aliphatic carbocycles. The van der Waals surface area contributed by atoms with Crippen molar-refractivity contribution >= 4 is 21.8 Å². The van der Waals surface area contributed by atoms with Crippen molar-refractivity contribution in [2.45, 2.75) is 18.7 Å². The molecule has 1 heterocycles. The summed E-state index contributed by atoms with van der Waals surface area (Å²) in [7, 11) is 0. The van der Waals surface area contributed by atoms with Gasteiger partial charge in [-0.25, -0.2) is 0 Å². The largest absolute Gasteiger partial charge is 0.433 e. The quantitative estimate of drug-likeness (QED) is 0.483. The minimum Gasteiger partial charge on any atom is -0.404 e. The lowest BCUT2D eigenvalue weighted by molar-refractivity contribution is -0.402. The molecule has 94 valence electrons. The SMILES string of the molecule is Cc1ccc(C(Br)c2ccc([N+](=O)[O-])o2)c(C)c1. The van der Waals surface area contributed by atoms with Crippen LogP contribution < -0.4 is 0 Å². The second kappa shape index (κ2) is 4.94. The molecular formula is C13H12BrNO3. The Morgan fingerprint density at radius 3 is 2.56 bits per heavy atom. The summed E-state index contributed by atoms with van der Waals surface area (Å²) in [6.07, 6.45) is 0. The van der Waals surface area contributed by atoms with E-state index in [1.54, 1.807) is 6.07 Å². The fourth-order valence-corrected chi connectivity index (χ4v) is 2.60. The summed E-state index contributed by atoms with van der Waals surface area (Å²) in [5.41, 5.74) is 3.35. The van der Waals surface area contributed by atoms with Crippen LogP contribution in [0.15, 0.2) is 34.7 Å². The molecule has 0 N–H and O–H groups in total. The third kappa shape index (κ3) is 2.46. The molecule has 0 saturated heterocycles. The molecular weight excluding hydrogens is 298 g/mol. The van der Waals surface area contributed by atoms with E-state index in [0.717, 1.165) is 11.1 Å². The van der Waals surface area contributed by atoms with E-state index in [1.807, 2.05) is 26.0 Å². The van der Waals surface area contributed by atoms with Crippen molar-refractivity contribution in [3.63, 3.8) is 0 Å². The molecule has 1 aromatic heterocycles. The summed E-state index contributed by atoms with van der Waals surface area (Å²) in [6, 6.07) is 9.07. The van der Waals surface area contributed by atoms with Gasteiger partial charge in [0.05, 0.1) is 10.9 Å². The number of aryl methyl sites for hydroxylation is 2. The Morgan fingerprint density at radius 2 is 2.00 bits per heavy atom. The van der Waals surface area contributed by atoms with Gasteiger partial charge in [0.1, 0.15) is 10.7 Å². The smallest absolute Gasteiger partial charge is 0.404 e. The van der Waals surface area contributed by atoms with Crippen LogP contribution in [0.4, 0.5) is 5.88 Å². The van der Waals surface area contributed by atoms with E-state index in [1.165, 1.54) is 11.6 Å². The number of rotatable bonds is 3. The molecule has 5 heteroatoms. The van der Waals surface area contributed by atoms with Gasteiger partial charge in [0, 0.05) is 0 Å². The van der Waals surface area contributed by atoms with Gasteiger partial charge in [-0.15, -0.1) is 0 Å². The molecule has 0 spiro atoms. The van der Waals surface area contributed by atoms with Crippen LogP contribution in [0.25, 0.3) is 0 Å². The second-order valence-electron chi connectivity index (χ2n) is 4.16. The highest BCUT2D eigenvalue weighted by molar-refractivity contribution is 9.09. The van der Waals surface area contributed by atoms with E-state index in [4.69, 9.17) is 4.42 Å². The van der Waals surface area contributed by atoms with E-state index >= 15 is 0 Å². The molecule has 2 aromatic rings. The lowest BCUT2D eigenvalue weighted by atomic mass is 10.0. The van der Waals surface area contributed by atoms with Crippen molar-refractivity contribution in [1.82, 2.24) is 0 Å². The molecule has 1 aromatic carbocycles. The van der Waals surface area contributed by atoms with E-state index in [2.05, 4.69) is 22.0 Å². The molecule has 18 heavy (non-hydrogen) atoms. The lowest BCUT2D eigenvalue weighted by Gasteiger charge is -2.11. The van der Waals surface area contributed by atoms with Gasteiger partial charge >= 0.3 is 5.88 Å². The zero-order chi connectivity index (χ0) is 13.3. The molecule has 4 nitrogen and oxygen atoms in total. The fraction of sp³-hybridized carbons (Fsp3) is 0.231. The first kappa shape index (κ1) is 12.8. The minimum absolute atomic E-state index is 0.174. The number of benzene rings is 1. The normalized spacial score (nSPS) is 12.4. The third-order valence-electron chi connectivity index (χ3n) is 2.74. The topological polar surface area (TPSA) is 56.3 Å².